The third-order valence-corrected chi connectivity index (χ3v) is 7.58. The van der Waals surface area contributed by atoms with Crippen molar-refractivity contribution in [3.63, 3.8) is 0 Å². The normalized spacial score (nSPS) is 11.0. The molecule has 2 N–H and O–H groups in total. The van der Waals surface area contributed by atoms with E-state index in [2.05, 4.69) is 25.7 Å². The molecule has 0 atom stereocenters. The Morgan fingerprint density at radius 2 is 1.54 bits per heavy atom. The number of ketones is 1. The molecule has 2 heterocycles. The highest BCUT2D eigenvalue weighted by Gasteiger charge is 2.17. The van der Waals surface area contributed by atoms with Crippen molar-refractivity contribution in [2.24, 2.45) is 0 Å². The van der Waals surface area contributed by atoms with Crippen LogP contribution in [0.3, 0.4) is 0 Å². The lowest BCUT2D eigenvalue weighted by molar-refractivity contribution is -0.118. The number of phenols is 1. The van der Waals surface area contributed by atoms with Crippen molar-refractivity contribution in [3.8, 4) is 5.75 Å². The lowest BCUT2D eigenvalue weighted by Crippen LogP contribution is -2.15. The van der Waals surface area contributed by atoms with Crippen LogP contribution in [0.2, 0.25) is 5.02 Å². The van der Waals surface area contributed by atoms with E-state index in [1.54, 1.807) is 0 Å². The first-order chi connectivity index (χ1) is 17.9. The zero-order valence-electron chi connectivity index (χ0n) is 19.6. The molecule has 0 aliphatic heterocycles. The summed E-state index contributed by atoms with van der Waals surface area (Å²) in [4.78, 5) is 24.6. The second-order valence-corrected chi connectivity index (χ2v) is 10.9. The van der Waals surface area contributed by atoms with Crippen LogP contribution >= 0.6 is 34.3 Å². The first-order valence-electron chi connectivity index (χ1n) is 11.5. The maximum atomic E-state index is 14.0. The highest BCUT2D eigenvalue weighted by atomic mass is 35.5. The Bertz CT molecular complexity index is 1380. The lowest BCUT2D eigenvalue weighted by Gasteiger charge is -2.06. The standard InChI is InChI=1S/C25H23ClFN5O3S2/c26-18-10-11-19(34)24(27)17(18)14-20(35)28-25-32-30-22(37-25)9-5-4-8-21-29-31-23(36-21)13-16(33)12-15-6-2-1-3-7-15/h1-3,6-7,10-11,34H,4-5,8-9,12-14H2,(H,28,32,35). The number of unbranched alkanes of at least 4 members (excludes halogenated alkanes) is 1. The van der Waals surface area contributed by atoms with E-state index in [0.29, 0.717) is 18.0 Å². The van der Waals surface area contributed by atoms with Crippen LogP contribution in [0.1, 0.15) is 39.0 Å². The number of aromatic hydroxyl groups is 1. The Morgan fingerprint density at radius 1 is 0.865 bits per heavy atom. The van der Waals surface area contributed by atoms with Gasteiger partial charge in [-0.3, -0.25) is 9.59 Å². The van der Waals surface area contributed by atoms with Crippen LogP contribution in [-0.2, 0) is 41.7 Å². The van der Waals surface area contributed by atoms with Crippen molar-refractivity contribution in [2.75, 3.05) is 5.32 Å². The average Bonchev–Trinajstić information content (AvgIpc) is 3.51. The van der Waals surface area contributed by atoms with E-state index in [1.807, 2.05) is 30.3 Å². The number of halogens is 2. The summed E-state index contributed by atoms with van der Waals surface area (Å²) < 4.78 is 14.0. The molecule has 192 valence electrons. The molecule has 12 heteroatoms. The van der Waals surface area contributed by atoms with Crippen molar-refractivity contribution >= 4 is 51.1 Å². The minimum Gasteiger partial charge on any atom is -0.505 e. The largest absolute Gasteiger partial charge is 0.505 e. The molecule has 0 aliphatic carbocycles. The van der Waals surface area contributed by atoms with Crippen molar-refractivity contribution in [3.05, 3.63) is 79.5 Å². The summed E-state index contributed by atoms with van der Waals surface area (Å²) in [7, 11) is 0. The number of carbonyl (C=O) groups excluding carboxylic acids is 2. The van der Waals surface area contributed by atoms with Gasteiger partial charge in [-0.15, -0.1) is 31.7 Å². The third-order valence-electron chi connectivity index (χ3n) is 5.35. The number of benzene rings is 2. The number of aryl methyl sites for hydroxylation is 2. The Balaban J connectivity index is 1.18. The summed E-state index contributed by atoms with van der Waals surface area (Å²) in [6.07, 6.45) is 3.48. The Labute approximate surface area is 225 Å². The second kappa shape index (κ2) is 12.8. The number of Topliss-reactive ketones (excluding diaryl/α,β-unsaturated/α-hetero) is 1. The van der Waals surface area contributed by atoms with Gasteiger partial charge in [0.2, 0.25) is 11.0 Å². The minimum absolute atomic E-state index is 0.0599. The summed E-state index contributed by atoms with van der Waals surface area (Å²) in [5.74, 6) is -1.87. The van der Waals surface area contributed by atoms with Crippen LogP contribution in [0.4, 0.5) is 9.52 Å². The zero-order chi connectivity index (χ0) is 26.2. The molecule has 0 bridgehead atoms. The van der Waals surface area contributed by atoms with Gasteiger partial charge >= 0.3 is 0 Å². The van der Waals surface area contributed by atoms with E-state index < -0.39 is 17.5 Å². The average molecular weight is 560 g/mol. The van der Waals surface area contributed by atoms with E-state index in [1.165, 1.54) is 28.7 Å². The second-order valence-electron chi connectivity index (χ2n) is 8.26. The molecule has 4 rings (SSSR count). The molecule has 2 aromatic carbocycles. The van der Waals surface area contributed by atoms with E-state index in [9.17, 15) is 19.1 Å². The van der Waals surface area contributed by atoms with Crippen LogP contribution in [0.15, 0.2) is 42.5 Å². The summed E-state index contributed by atoms with van der Waals surface area (Å²) in [5.41, 5.74) is 0.913. The van der Waals surface area contributed by atoms with Gasteiger partial charge in [-0.25, -0.2) is 4.39 Å². The molecule has 4 aromatic rings. The molecule has 0 fully saturated rings. The molecule has 0 aliphatic rings. The Morgan fingerprint density at radius 3 is 2.30 bits per heavy atom. The van der Waals surface area contributed by atoms with Crippen LogP contribution in [-0.4, -0.2) is 37.2 Å². The van der Waals surface area contributed by atoms with Gasteiger partial charge < -0.3 is 10.4 Å². The highest BCUT2D eigenvalue weighted by molar-refractivity contribution is 7.15. The predicted octanol–water partition coefficient (Wildman–Crippen LogP) is 4.99. The van der Waals surface area contributed by atoms with Crippen molar-refractivity contribution in [1.29, 1.82) is 0 Å². The minimum atomic E-state index is -0.915. The molecule has 2 aromatic heterocycles. The van der Waals surface area contributed by atoms with Crippen LogP contribution in [0, 0.1) is 5.82 Å². The van der Waals surface area contributed by atoms with Crippen LogP contribution < -0.4 is 5.32 Å². The zero-order valence-corrected chi connectivity index (χ0v) is 22.0. The number of hydrogen-bond acceptors (Lipinski definition) is 9. The molecule has 0 spiro atoms. The van der Waals surface area contributed by atoms with Crippen LogP contribution in [0.25, 0.3) is 0 Å². The van der Waals surface area contributed by atoms with E-state index in [4.69, 9.17) is 11.6 Å². The fourth-order valence-corrected chi connectivity index (χ4v) is 5.47. The maximum absolute atomic E-state index is 14.0. The molecular weight excluding hydrogens is 537 g/mol. The molecule has 0 radical (unpaired) electrons. The first kappa shape index (κ1) is 26.8. The molecule has 0 saturated heterocycles. The van der Waals surface area contributed by atoms with E-state index in [-0.39, 0.29) is 29.2 Å². The summed E-state index contributed by atoms with van der Waals surface area (Å²) in [6, 6.07) is 12.1. The van der Waals surface area contributed by atoms with Crippen molar-refractivity contribution in [2.45, 2.75) is 44.9 Å². The number of anilines is 1. The van der Waals surface area contributed by atoms with Gasteiger partial charge in [0.05, 0.1) is 12.8 Å². The number of rotatable bonds is 12. The lowest BCUT2D eigenvalue weighted by atomic mass is 10.1. The van der Waals surface area contributed by atoms with Crippen molar-refractivity contribution < 1.29 is 19.1 Å². The van der Waals surface area contributed by atoms with Gasteiger partial charge in [0.25, 0.3) is 0 Å². The Hall–Kier alpha value is -3.28. The number of phenolic OH excluding ortho intramolecular Hbond substituents is 1. The quantitative estimate of drug-likeness (QED) is 0.235. The van der Waals surface area contributed by atoms with Crippen LogP contribution in [0.5, 0.6) is 5.75 Å². The number of nitrogens with one attached hydrogen (secondary N) is 1. The summed E-state index contributed by atoms with van der Waals surface area (Å²) in [5, 5.41) is 31.2. The molecular formula is C25H23ClFN5O3S2. The molecule has 37 heavy (non-hydrogen) atoms. The number of amides is 1. The SMILES string of the molecule is O=C(Cc1ccccc1)Cc1nnc(CCCCc2nnc(NC(=O)Cc3c(Cl)ccc(O)c3F)s2)s1. The van der Waals surface area contributed by atoms with Gasteiger partial charge in [0, 0.05) is 29.8 Å². The fourth-order valence-electron chi connectivity index (χ4n) is 3.54. The molecule has 1 amide bonds. The number of nitrogens with zero attached hydrogens (tertiary/aromatic N) is 4. The highest BCUT2D eigenvalue weighted by Crippen LogP contribution is 2.27. The first-order valence-corrected chi connectivity index (χ1v) is 13.5. The number of aromatic nitrogens is 4. The van der Waals surface area contributed by atoms with Crippen molar-refractivity contribution in [1.82, 2.24) is 20.4 Å². The number of carbonyl (C=O) groups is 2. The summed E-state index contributed by atoms with van der Waals surface area (Å²) >= 11 is 8.65. The maximum Gasteiger partial charge on any atom is 0.230 e. The smallest absolute Gasteiger partial charge is 0.230 e. The predicted molar refractivity (Wildman–Crippen MR) is 141 cm³/mol. The summed E-state index contributed by atoms with van der Waals surface area (Å²) in [6.45, 7) is 0. The monoisotopic (exact) mass is 559 g/mol. The van der Waals surface area contributed by atoms with Gasteiger partial charge in [0.15, 0.2) is 11.6 Å². The topological polar surface area (TPSA) is 118 Å². The Kier molecular flexibility index (Phi) is 9.26. The number of hydrogen-bond donors (Lipinski definition) is 2. The molecule has 0 saturated carbocycles. The molecule has 0 unspecified atom stereocenters. The van der Waals surface area contributed by atoms with E-state index in [0.717, 1.165) is 45.9 Å². The van der Waals surface area contributed by atoms with E-state index >= 15 is 0 Å². The molecule has 8 nitrogen and oxygen atoms in total. The van der Waals surface area contributed by atoms with Gasteiger partial charge in [-0.1, -0.05) is 53.3 Å². The third kappa shape index (κ3) is 7.85. The fraction of sp³-hybridized carbons (Fsp3) is 0.280. The van der Waals surface area contributed by atoms with Gasteiger partial charge in [0.1, 0.15) is 20.8 Å². The van der Waals surface area contributed by atoms with Gasteiger partial charge in [-0.05, 0) is 30.5 Å². The van der Waals surface area contributed by atoms with Gasteiger partial charge in [-0.2, -0.15) is 0 Å².